The maximum atomic E-state index is 12.8. The molecular formula is C12H13FN4O. The van der Waals surface area contributed by atoms with Crippen molar-refractivity contribution < 1.29 is 9.18 Å². The van der Waals surface area contributed by atoms with Gasteiger partial charge in [0.2, 0.25) is 5.91 Å². The molecule has 0 bridgehead atoms. The molecular weight excluding hydrogens is 235 g/mol. The molecule has 3 N–H and O–H groups in total. The van der Waals surface area contributed by atoms with Crippen molar-refractivity contribution in [2.75, 3.05) is 11.1 Å². The number of imidazole rings is 1. The van der Waals surface area contributed by atoms with Gasteiger partial charge in [-0.25, -0.2) is 9.37 Å². The number of nitrogens with zero attached hydrogens (tertiary/aromatic N) is 2. The zero-order valence-corrected chi connectivity index (χ0v) is 9.64. The van der Waals surface area contributed by atoms with Crippen molar-refractivity contribution in [2.24, 2.45) is 0 Å². The molecule has 1 heterocycles. The fourth-order valence-corrected chi connectivity index (χ4v) is 1.51. The minimum atomic E-state index is -0.427. The van der Waals surface area contributed by atoms with E-state index in [-0.39, 0.29) is 11.6 Å². The number of aryl methyl sites for hydroxylation is 1. The van der Waals surface area contributed by atoms with Crippen molar-refractivity contribution >= 4 is 17.3 Å². The lowest BCUT2D eigenvalue weighted by Crippen LogP contribution is -2.15. The monoisotopic (exact) mass is 248 g/mol. The molecule has 6 heteroatoms. The molecule has 0 saturated carbocycles. The topological polar surface area (TPSA) is 72.9 Å². The lowest BCUT2D eigenvalue weighted by atomic mass is 10.2. The summed E-state index contributed by atoms with van der Waals surface area (Å²) in [4.78, 5) is 15.5. The van der Waals surface area contributed by atoms with Crippen molar-refractivity contribution in [2.45, 2.75) is 13.0 Å². The molecule has 18 heavy (non-hydrogen) atoms. The van der Waals surface area contributed by atoms with Crippen molar-refractivity contribution in [1.29, 1.82) is 0 Å². The highest BCUT2D eigenvalue weighted by Crippen LogP contribution is 2.19. The third-order valence-electron chi connectivity index (χ3n) is 2.44. The second-order valence-corrected chi connectivity index (χ2v) is 3.83. The van der Waals surface area contributed by atoms with E-state index >= 15 is 0 Å². The first-order valence-corrected chi connectivity index (χ1v) is 5.46. The number of hydrogen-bond donors (Lipinski definition) is 2. The molecule has 1 amide bonds. The van der Waals surface area contributed by atoms with Crippen LogP contribution in [0.3, 0.4) is 0 Å². The number of carbonyl (C=O) groups is 1. The van der Waals surface area contributed by atoms with Gasteiger partial charge in [0.25, 0.3) is 0 Å². The Balaban J connectivity index is 1.91. The normalized spacial score (nSPS) is 10.3. The Morgan fingerprint density at radius 1 is 1.50 bits per heavy atom. The highest BCUT2D eigenvalue weighted by molar-refractivity contribution is 5.93. The first kappa shape index (κ1) is 12.1. The van der Waals surface area contributed by atoms with E-state index in [0.29, 0.717) is 18.7 Å². The lowest BCUT2D eigenvalue weighted by Gasteiger charge is -2.08. The van der Waals surface area contributed by atoms with E-state index in [2.05, 4.69) is 10.3 Å². The molecule has 0 aliphatic heterocycles. The van der Waals surface area contributed by atoms with Gasteiger partial charge in [0.15, 0.2) is 0 Å². The van der Waals surface area contributed by atoms with Gasteiger partial charge in [-0.05, 0) is 18.2 Å². The van der Waals surface area contributed by atoms with Crippen LogP contribution in [0.15, 0.2) is 36.9 Å². The van der Waals surface area contributed by atoms with Crippen molar-refractivity contribution in [3.63, 3.8) is 0 Å². The van der Waals surface area contributed by atoms with Gasteiger partial charge in [0.1, 0.15) is 5.82 Å². The van der Waals surface area contributed by atoms with E-state index in [1.54, 1.807) is 23.3 Å². The molecule has 0 fully saturated rings. The van der Waals surface area contributed by atoms with Gasteiger partial charge in [0, 0.05) is 25.4 Å². The number of rotatable bonds is 4. The Morgan fingerprint density at radius 3 is 3.00 bits per heavy atom. The van der Waals surface area contributed by atoms with Crippen molar-refractivity contribution in [1.82, 2.24) is 9.55 Å². The third-order valence-corrected chi connectivity index (χ3v) is 2.44. The number of nitrogens with two attached hydrogens (primary N) is 1. The molecule has 0 aliphatic carbocycles. The average molecular weight is 248 g/mol. The highest BCUT2D eigenvalue weighted by atomic mass is 19.1. The second-order valence-electron chi connectivity index (χ2n) is 3.83. The minimum absolute atomic E-state index is 0.179. The molecule has 0 radical (unpaired) electrons. The van der Waals surface area contributed by atoms with E-state index in [9.17, 15) is 9.18 Å². The number of nitrogens with one attached hydrogen (secondary N) is 1. The van der Waals surface area contributed by atoms with Crippen LogP contribution >= 0.6 is 0 Å². The van der Waals surface area contributed by atoms with Crippen molar-refractivity contribution in [3.05, 3.63) is 42.7 Å². The maximum absolute atomic E-state index is 12.8. The van der Waals surface area contributed by atoms with Crippen LogP contribution in [0.25, 0.3) is 0 Å². The number of halogens is 1. The summed E-state index contributed by atoms with van der Waals surface area (Å²) >= 11 is 0. The summed E-state index contributed by atoms with van der Waals surface area (Å²) in [7, 11) is 0. The Hall–Kier alpha value is -2.37. The summed E-state index contributed by atoms with van der Waals surface area (Å²) in [5.74, 6) is -0.606. The molecule has 2 aromatic rings. The molecule has 2 rings (SSSR count). The molecule has 0 unspecified atom stereocenters. The predicted molar refractivity (Wildman–Crippen MR) is 66.3 cm³/mol. The van der Waals surface area contributed by atoms with Gasteiger partial charge in [-0.2, -0.15) is 0 Å². The molecule has 0 atom stereocenters. The van der Waals surface area contributed by atoms with Gasteiger partial charge in [-0.3, -0.25) is 4.79 Å². The van der Waals surface area contributed by atoms with Crippen molar-refractivity contribution in [3.8, 4) is 0 Å². The van der Waals surface area contributed by atoms with E-state index in [0.717, 1.165) is 0 Å². The van der Waals surface area contributed by atoms with Gasteiger partial charge in [0.05, 0.1) is 17.7 Å². The molecule has 1 aromatic carbocycles. The summed E-state index contributed by atoms with van der Waals surface area (Å²) in [5.41, 5.74) is 6.23. The van der Waals surface area contributed by atoms with Crippen LogP contribution in [0, 0.1) is 5.82 Å². The Labute approximate surface area is 103 Å². The number of nitrogen functional groups attached to an aromatic ring is 1. The fourth-order valence-electron chi connectivity index (χ4n) is 1.51. The van der Waals surface area contributed by atoms with Crippen LogP contribution in [0.1, 0.15) is 6.42 Å². The van der Waals surface area contributed by atoms with Crippen LogP contribution in [0.4, 0.5) is 15.8 Å². The number of carbonyl (C=O) groups excluding carboxylic acids is 1. The van der Waals surface area contributed by atoms with Gasteiger partial charge in [-0.15, -0.1) is 0 Å². The van der Waals surface area contributed by atoms with Crippen LogP contribution in [0.2, 0.25) is 0 Å². The molecule has 0 saturated heterocycles. The number of amides is 1. The highest BCUT2D eigenvalue weighted by Gasteiger charge is 2.06. The van der Waals surface area contributed by atoms with Crippen LogP contribution in [-0.2, 0) is 11.3 Å². The summed E-state index contributed by atoms with van der Waals surface area (Å²) in [6.45, 7) is 0.535. The second kappa shape index (κ2) is 5.31. The molecule has 1 aromatic heterocycles. The maximum Gasteiger partial charge on any atom is 0.226 e. The van der Waals surface area contributed by atoms with E-state index < -0.39 is 5.82 Å². The smallest absolute Gasteiger partial charge is 0.226 e. The summed E-state index contributed by atoms with van der Waals surface area (Å²) in [6.07, 6.45) is 5.36. The zero-order valence-electron chi connectivity index (χ0n) is 9.64. The number of anilines is 2. The summed E-state index contributed by atoms with van der Waals surface area (Å²) in [6, 6.07) is 3.87. The van der Waals surface area contributed by atoms with E-state index in [1.807, 2.05) is 0 Å². The Kier molecular flexibility index (Phi) is 3.57. The zero-order chi connectivity index (χ0) is 13.0. The molecule has 94 valence electrons. The number of aromatic nitrogens is 2. The van der Waals surface area contributed by atoms with E-state index in [1.165, 1.54) is 18.2 Å². The Morgan fingerprint density at radius 2 is 2.33 bits per heavy atom. The third kappa shape index (κ3) is 3.07. The first-order valence-electron chi connectivity index (χ1n) is 5.46. The van der Waals surface area contributed by atoms with Crippen LogP contribution in [0.5, 0.6) is 0 Å². The molecule has 0 spiro atoms. The summed E-state index contributed by atoms with van der Waals surface area (Å²) in [5, 5.41) is 2.64. The summed E-state index contributed by atoms with van der Waals surface area (Å²) < 4.78 is 14.6. The van der Waals surface area contributed by atoms with E-state index in [4.69, 9.17) is 5.73 Å². The standard InChI is InChI=1S/C12H13FN4O/c13-9-1-2-11(10(14)7-9)16-12(18)3-5-17-6-4-15-8-17/h1-2,4,6-8H,3,5,14H2,(H,16,18). The molecule has 0 aliphatic rings. The predicted octanol–water partition coefficient (Wildman–Crippen LogP) is 1.63. The van der Waals surface area contributed by atoms with Crippen LogP contribution < -0.4 is 11.1 Å². The SMILES string of the molecule is Nc1cc(F)ccc1NC(=O)CCn1ccnc1. The van der Waals surface area contributed by atoms with Gasteiger partial charge >= 0.3 is 0 Å². The first-order chi connectivity index (χ1) is 8.65. The van der Waals surface area contributed by atoms with Gasteiger partial charge in [-0.1, -0.05) is 0 Å². The fraction of sp³-hybridized carbons (Fsp3) is 0.167. The minimum Gasteiger partial charge on any atom is -0.397 e. The largest absolute Gasteiger partial charge is 0.397 e. The lowest BCUT2D eigenvalue weighted by molar-refractivity contribution is -0.116. The van der Waals surface area contributed by atoms with Crippen LogP contribution in [-0.4, -0.2) is 15.5 Å². The number of benzene rings is 1. The quantitative estimate of drug-likeness (QED) is 0.808. The number of hydrogen-bond acceptors (Lipinski definition) is 3. The van der Waals surface area contributed by atoms with Gasteiger partial charge < -0.3 is 15.6 Å². The average Bonchev–Trinajstić information content (AvgIpc) is 2.83. The Bertz CT molecular complexity index is 539. The molecule has 5 nitrogen and oxygen atoms in total.